The van der Waals surface area contributed by atoms with Gasteiger partial charge in [-0.05, 0) is 49.9 Å². The Kier molecular flexibility index (Phi) is 3.99. The molecule has 1 saturated carbocycles. The fourth-order valence-electron chi connectivity index (χ4n) is 4.02. The van der Waals surface area contributed by atoms with E-state index in [0.717, 1.165) is 38.0 Å². The SMILES string of the molecule is COc1cccc(CC2NCCC3(O)CCCCC23)c1. The molecular weight excluding hydrogens is 250 g/mol. The minimum Gasteiger partial charge on any atom is -0.497 e. The van der Waals surface area contributed by atoms with Crippen LogP contribution in [-0.4, -0.2) is 30.4 Å². The van der Waals surface area contributed by atoms with Crippen molar-refractivity contribution in [2.45, 2.75) is 50.2 Å². The van der Waals surface area contributed by atoms with Gasteiger partial charge in [-0.25, -0.2) is 0 Å². The van der Waals surface area contributed by atoms with Crippen molar-refractivity contribution >= 4 is 0 Å². The van der Waals surface area contributed by atoms with E-state index in [1.165, 1.54) is 18.4 Å². The number of fused-ring (bicyclic) bond motifs is 1. The molecule has 20 heavy (non-hydrogen) atoms. The first-order valence-electron chi connectivity index (χ1n) is 7.80. The highest BCUT2D eigenvalue weighted by molar-refractivity contribution is 5.29. The van der Waals surface area contributed by atoms with Crippen molar-refractivity contribution in [2.75, 3.05) is 13.7 Å². The van der Waals surface area contributed by atoms with Gasteiger partial charge in [0.1, 0.15) is 5.75 Å². The summed E-state index contributed by atoms with van der Waals surface area (Å²) >= 11 is 0. The van der Waals surface area contributed by atoms with Gasteiger partial charge in [0, 0.05) is 12.0 Å². The predicted molar refractivity (Wildman–Crippen MR) is 80.0 cm³/mol. The molecule has 3 heteroatoms. The maximum Gasteiger partial charge on any atom is 0.119 e. The van der Waals surface area contributed by atoms with Crippen LogP contribution in [0.5, 0.6) is 5.75 Å². The van der Waals surface area contributed by atoms with Crippen molar-refractivity contribution in [3.05, 3.63) is 29.8 Å². The number of ether oxygens (including phenoxy) is 1. The lowest BCUT2D eigenvalue weighted by atomic mass is 9.67. The van der Waals surface area contributed by atoms with Crippen LogP contribution in [0.3, 0.4) is 0 Å². The van der Waals surface area contributed by atoms with Crippen LogP contribution in [0, 0.1) is 5.92 Å². The lowest BCUT2D eigenvalue weighted by Crippen LogP contribution is -2.58. The number of rotatable bonds is 3. The average Bonchev–Trinajstić information content (AvgIpc) is 2.47. The first-order chi connectivity index (χ1) is 9.71. The third-order valence-corrected chi connectivity index (χ3v) is 5.10. The van der Waals surface area contributed by atoms with Crippen molar-refractivity contribution in [3.8, 4) is 5.75 Å². The standard InChI is InChI=1S/C17H25NO2/c1-20-14-6-4-5-13(11-14)12-16-15-7-2-3-8-17(15,19)9-10-18-16/h4-6,11,15-16,18-19H,2-3,7-10,12H2,1H3. The monoisotopic (exact) mass is 275 g/mol. The number of hydrogen-bond donors (Lipinski definition) is 2. The summed E-state index contributed by atoms with van der Waals surface area (Å²) in [4.78, 5) is 0. The number of benzene rings is 1. The van der Waals surface area contributed by atoms with Crippen molar-refractivity contribution in [1.82, 2.24) is 5.32 Å². The van der Waals surface area contributed by atoms with E-state index in [-0.39, 0.29) is 0 Å². The topological polar surface area (TPSA) is 41.5 Å². The average molecular weight is 275 g/mol. The molecule has 110 valence electrons. The summed E-state index contributed by atoms with van der Waals surface area (Å²) in [6.07, 6.45) is 6.45. The van der Waals surface area contributed by atoms with E-state index in [4.69, 9.17) is 4.74 Å². The molecule has 0 spiro atoms. The molecule has 0 aromatic heterocycles. The quantitative estimate of drug-likeness (QED) is 0.890. The van der Waals surface area contributed by atoms with Gasteiger partial charge in [-0.2, -0.15) is 0 Å². The molecule has 1 aromatic rings. The van der Waals surface area contributed by atoms with E-state index < -0.39 is 5.60 Å². The Balaban J connectivity index is 1.75. The zero-order chi connectivity index (χ0) is 14.0. The summed E-state index contributed by atoms with van der Waals surface area (Å²) in [5.41, 5.74) is 0.865. The largest absolute Gasteiger partial charge is 0.497 e. The first kappa shape index (κ1) is 13.9. The van der Waals surface area contributed by atoms with Crippen molar-refractivity contribution in [3.63, 3.8) is 0 Å². The Morgan fingerprint density at radius 3 is 3.10 bits per heavy atom. The molecule has 0 amide bonds. The number of nitrogens with one attached hydrogen (secondary N) is 1. The van der Waals surface area contributed by atoms with Crippen molar-refractivity contribution in [2.24, 2.45) is 5.92 Å². The first-order valence-corrected chi connectivity index (χ1v) is 7.80. The van der Waals surface area contributed by atoms with Gasteiger partial charge in [0.25, 0.3) is 0 Å². The summed E-state index contributed by atoms with van der Waals surface area (Å²) in [6, 6.07) is 8.68. The van der Waals surface area contributed by atoms with Gasteiger partial charge in [0.15, 0.2) is 0 Å². The van der Waals surface area contributed by atoms with Crippen LogP contribution in [0.25, 0.3) is 0 Å². The fraction of sp³-hybridized carbons (Fsp3) is 0.647. The molecule has 0 radical (unpaired) electrons. The van der Waals surface area contributed by atoms with E-state index in [2.05, 4.69) is 17.4 Å². The molecule has 1 aliphatic heterocycles. The van der Waals surface area contributed by atoms with Crippen LogP contribution in [-0.2, 0) is 6.42 Å². The van der Waals surface area contributed by atoms with E-state index in [1.807, 2.05) is 12.1 Å². The molecule has 3 rings (SSSR count). The molecule has 3 nitrogen and oxygen atoms in total. The van der Waals surface area contributed by atoms with Crippen LogP contribution >= 0.6 is 0 Å². The normalized spacial score (nSPS) is 33.5. The Hall–Kier alpha value is -1.06. The van der Waals surface area contributed by atoms with E-state index in [0.29, 0.717) is 12.0 Å². The van der Waals surface area contributed by atoms with Gasteiger partial charge < -0.3 is 15.2 Å². The van der Waals surface area contributed by atoms with Crippen molar-refractivity contribution < 1.29 is 9.84 Å². The van der Waals surface area contributed by atoms with E-state index in [9.17, 15) is 5.11 Å². The highest BCUT2D eigenvalue weighted by Crippen LogP contribution is 2.41. The molecule has 1 heterocycles. The van der Waals surface area contributed by atoms with Crippen LogP contribution in [0.2, 0.25) is 0 Å². The highest BCUT2D eigenvalue weighted by Gasteiger charge is 2.45. The van der Waals surface area contributed by atoms with E-state index >= 15 is 0 Å². The number of hydrogen-bond acceptors (Lipinski definition) is 3. The highest BCUT2D eigenvalue weighted by atomic mass is 16.5. The van der Waals surface area contributed by atoms with Gasteiger partial charge in [0.05, 0.1) is 12.7 Å². The predicted octanol–water partition coefficient (Wildman–Crippen LogP) is 2.52. The van der Waals surface area contributed by atoms with Crippen LogP contribution in [0.1, 0.15) is 37.7 Å². The lowest BCUT2D eigenvalue weighted by molar-refractivity contribution is -0.0850. The summed E-state index contributed by atoms with van der Waals surface area (Å²) in [5, 5.41) is 14.5. The Bertz CT molecular complexity index is 458. The second-order valence-electron chi connectivity index (χ2n) is 6.32. The number of aliphatic hydroxyl groups is 1. The van der Waals surface area contributed by atoms with Crippen LogP contribution < -0.4 is 10.1 Å². The molecule has 2 N–H and O–H groups in total. The lowest BCUT2D eigenvalue weighted by Gasteiger charge is -2.48. The molecule has 3 unspecified atom stereocenters. The summed E-state index contributed by atoms with van der Waals surface area (Å²) < 4.78 is 5.30. The van der Waals surface area contributed by atoms with Crippen LogP contribution in [0.4, 0.5) is 0 Å². The molecule has 1 aliphatic carbocycles. The van der Waals surface area contributed by atoms with E-state index in [1.54, 1.807) is 7.11 Å². The third-order valence-electron chi connectivity index (χ3n) is 5.10. The minimum absolute atomic E-state index is 0.390. The minimum atomic E-state index is -0.424. The number of methoxy groups -OCH3 is 1. The second-order valence-corrected chi connectivity index (χ2v) is 6.32. The zero-order valence-electron chi connectivity index (χ0n) is 12.3. The number of piperidine rings is 1. The van der Waals surface area contributed by atoms with Gasteiger partial charge >= 0.3 is 0 Å². The maximum atomic E-state index is 10.9. The molecule has 3 atom stereocenters. The molecule has 2 aliphatic rings. The molecule has 2 fully saturated rings. The summed E-state index contributed by atoms with van der Waals surface area (Å²) in [5.74, 6) is 1.31. The van der Waals surface area contributed by atoms with Crippen LogP contribution in [0.15, 0.2) is 24.3 Å². The Morgan fingerprint density at radius 2 is 2.25 bits per heavy atom. The molecule has 0 bridgehead atoms. The zero-order valence-corrected chi connectivity index (χ0v) is 12.3. The fourth-order valence-corrected chi connectivity index (χ4v) is 4.02. The van der Waals surface area contributed by atoms with Gasteiger partial charge in [-0.3, -0.25) is 0 Å². The maximum absolute atomic E-state index is 10.9. The molecule has 1 aromatic carbocycles. The summed E-state index contributed by atoms with van der Waals surface area (Å²) in [7, 11) is 1.71. The Labute approximate surface area is 121 Å². The van der Waals surface area contributed by atoms with Gasteiger partial charge in [-0.15, -0.1) is 0 Å². The summed E-state index contributed by atoms with van der Waals surface area (Å²) in [6.45, 7) is 0.932. The second kappa shape index (κ2) is 5.74. The van der Waals surface area contributed by atoms with Crippen molar-refractivity contribution in [1.29, 1.82) is 0 Å². The molecular formula is C17H25NO2. The van der Waals surface area contributed by atoms with Gasteiger partial charge in [0.2, 0.25) is 0 Å². The third kappa shape index (κ3) is 2.70. The smallest absolute Gasteiger partial charge is 0.119 e. The Morgan fingerprint density at radius 1 is 1.35 bits per heavy atom. The van der Waals surface area contributed by atoms with Gasteiger partial charge in [-0.1, -0.05) is 25.0 Å². The molecule has 1 saturated heterocycles.